The average molecular weight is 408 g/mol. The second-order valence-electron chi connectivity index (χ2n) is 6.87. The van der Waals surface area contributed by atoms with E-state index in [0.29, 0.717) is 5.91 Å². The Morgan fingerprint density at radius 2 is 1.89 bits per heavy atom. The number of piperidine rings is 1. The molecule has 1 amide bonds. The van der Waals surface area contributed by atoms with Crippen molar-refractivity contribution < 1.29 is 14.3 Å². The molecule has 0 radical (unpaired) electrons. The van der Waals surface area contributed by atoms with Gasteiger partial charge in [-0.3, -0.25) is 4.79 Å². The van der Waals surface area contributed by atoms with Crippen LogP contribution in [-0.4, -0.2) is 67.7 Å². The van der Waals surface area contributed by atoms with E-state index in [-0.39, 0.29) is 5.92 Å². The minimum absolute atomic E-state index is 0.0673. The van der Waals surface area contributed by atoms with Gasteiger partial charge in [0.05, 0.1) is 20.1 Å². The molecule has 146 valence electrons. The second-order valence-corrected chi connectivity index (χ2v) is 9.07. The van der Waals surface area contributed by atoms with Gasteiger partial charge < -0.3 is 19.3 Å². The first-order valence-electron chi connectivity index (χ1n) is 9.34. The molecule has 3 heterocycles. The summed E-state index contributed by atoms with van der Waals surface area (Å²) in [6.07, 6.45) is 1.99. The van der Waals surface area contributed by atoms with Crippen LogP contribution in [0.3, 0.4) is 0 Å². The highest BCUT2D eigenvalue weighted by molar-refractivity contribution is 7.99. The summed E-state index contributed by atoms with van der Waals surface area (Å²) in [6.45, 7) is 3.45. The highest BCUT2D eigenvalue weighted by atomic mass is 32.2. The van der Waals surface area contributed by atoms with Crippen molar-refractivity contribution in [2.75, 3.05) is 56.8 Å². The van der Waals surface area contributed by atoms with Crippen LogP contribution in [0.1, 0.15) is 12.8 Å². The molecule has 0 bridgehead atoms. The van der Waals surface area contributed by atoms with E-state index < -0.39 is 0 Å². The number of thiazole rings is 1. The number of fused-ring (bicyclic) bond motifs is 1. The normalized spacial score (nSPS) is 20.7. The molecule has 2 aliphatic heterocycles. The van der Waals surface area contributed by atoms with Crippen LogP contribution in [-0.2, 0) is 4.79 Å². The van der Waals surface area contributed by atoms with E-state index in [1.807, 2.05) is 23.9 Å². The molecule has 2 saturated heterocycles. The number of carbonyl (C=O) groups is 1. The molecule has 2 aliphatic rings. The molecular formula is C19H25N3O3S2. The van der Waals surface area contributed by atoms with Crippen LogP contribution in [0.25, 0.3) is 10.2 Å². The van der Waals surface area contributed by atoms with E-state index in [2.05, 4.69) is 9.80 Å². The van der Waals surface area contributed by atoms with E-state index in [9.17, 15) is 4.79 Å². The first-order chi connectivity index (χ1) is 13.2. The number of methoxy groups -OCH3 is 2. The fourth-order valence-electron chi connectivity index (χ4n) is 3.80. The van der Waals surface area contributed by atoms with Crippen LogP contribution in [0.5, 0.6) is 11.5 Å². The SMILES string of the molecule is COc1ccc(OC)c2sc(N3CCCC(C(=O)N4CCSCC4)C3)nc12. The lowest BCUT2D eigenvalue weighted by Gasteiger charge is -2.36. The van der Waals surface area contributed by atoms with Crippen LogP contribution >= 0.6 is 23.1 Å². The van der Waals surface area contributed by atoms with Gasteiger partial charge in [0.25, 0.3) is 0 Å². The number of ether oxygens (including phenoxy) is 2. The number of aromatic nitrogens is 1. The fraction of sp³-hybridized carbons (Fsp3) is 0.579. The predicted molar refractivity (Wildman–Crippen MR) is 112 cm³/mol. The number of amides is 1. The number of anilines is 1. The molecule has 0 aliphatic carbocycles. The molecule has 4 rings (SSSR count). The van der Waals surface area contributed by atoms with Crippen molar-refractivity contribution in [3.8, 4) is 11.5 Å². The molecular weight excluding hydrogens is 382 g/mol. The molecule has 1 aromatic carbocycles. The summed E-state index contributed by atoms with van der Waals surface area (Å²) in [5.41, 5.74) is 0.832. The van der Waals surface area contributed by atoms with E-state index in [1.165, 1.54) is 0 Å². The van der Waals surface area contributed by atoms with Crippen molar-refractivity contribution in [2.45, 2.75) is 12.8 Å². The van der Waals surface area contributed by atoms with Crippen LogP contribution in [0, 0.1) is 5.92 Å². The zero-order valence-electron chi connectivity index (χ0n) is 15.8. The van der Waals surface area contributed by atoms with Crippen molar-refractivity contribution in [1.82, 2.24) is 9.88 Å². The lowest BCUT2D eigenvalue weighted by molar-refractivity contribution is -0.135. The predicted octanol–water partition coefficient (Wildman–Crippen LogP) is 3.11. The summed E-state index contributed by atoms with van der Waals surface area (Å²) in [6, 6.07) is 3.81. The van der Waals surface area contributed by atoms with E-state index in [4.69, 9.17) is 14.5 Å². The van der Waals surface area contributed by atoms with Gasteiger partial charge in [-0.15, -0.1) is 0 Å². The highest BCUT2D eigenvalue weighted by Crippen LogP contribution is 2.41. The Kier molecular flexibility index (Phi) is 5.63. The summed E-state index contributed by atoms with van der Waals surface area (Å²) < 4.78 is 12.0. The van der Waals surface area contributed by atoms with Gasteiger partial charge in [-0.25, -0.2) is 4.98 Å². The van der Waals surface area contributed by atoms with Gasteiger partial charge in [0.2, 0.25) is 5.91 Å². The van der Waals surface area contributed by atoms with Crippen molar-refractivity contribution in [3.63, 3.8) is 0 Å². The number of rotatable bonds is 4. The second kappa shape index (κ2) is 8.14. The summed E-state index contributed by atoms with van der Waals surface area (Å²) in [4.78, 5) is 22.1. The van der Waals surface area contributed by atoms with Gasteiger partial charge in [0.15, 0.2) is 5.13 Å². The number of thioether (sulfide) groups is 1. The molecule has 1 aromatic heterocycles. The third kappa shape index (κ3) is 3.69. The van der Waals surface area contributed by atoms with Gasteiger partial charge in [0.1, 0.15) is 21.7 Å². The Balaban J connectivity index is 1.56. The van der Waals surface area contributed by atoms with Crippen LogP contribution in [0.15, 0.2) is 12.1 Å². The molecule has 0 N–H and O–H groups in total. The maximum atomic E-state index is 12.9. The molecule has 6 nitrogen and oxygen atoms in total. The zero-order valence-corrected chi connectivity index (χ0v) is 17.4. The minimum atomic E-state index is 0.0673. The first-order valence-corrected chi connectivity index (χ1v) is 11.3. The molecule has 2 fully saturated rings. The Labute approximate surface area is 167 Å². The largest absolute Gasteiger partial charge is 0.495 e. The van der Waals surface area contributed by atoms with Crippen LogP contribution in [0.4, 0.5) is 5.13 Å². The van der Waals surface area contributed by atoms with E-state index in [1.54, 1.807) is 25.6 Å². The Hall–Kier alpha value is -1.67. The van der Waals surface area contributed by atoms with Gasteiger partial charge in [-0.1, -0.05) is 11.3 Å². The van der Waals surface area contributed by atoms with Gasteiger partial charge in [0, 0.05) is 37.7 Å². The van der Waals surface area contributed by atoms with E-state index in [0.717, 1.165) is 77.4 Å². The fourth-order valence-corrected chi connectivity index (χ4v) is 5.82. The van der Waals surface area contributed by atoms with Crippen LogP contribution in [0.2, 0.25) is 0 Å². The molecule has 1 atom stereocenters. The minimum Gasteiger partial charge on any atom is -0.495 e. The summed E-state index contributed by atoms with van der Waals surface area (Å²) in [5, 5.41) is 0.944. The Morgan fingerprint density at radius 3 is 2.63 bits per heavy atom. The third-order valence-corrected chi connectivity index (χ3v) is 7.34. The lowest BCUT2D eigenvalue weighted by Crippen LogP contribution is -2.47. The number of benzene rings is 1. The zero-order chi connectivity index (χ0) is 18.8. The van der Waals surface area contributed by atoms with Crippen molar-refractivity contribution in [3.05, 3.63) is 12.1 Å². The smallest absolute Gasteiger partial charge is 0.227 e. The molecule has 0 saturated carbocycles. The average Bonchev–Trinajstić information content (AvgIpc) is 3.19. The summed E-state index contributed by atoms with van der Waals surface area (Å²) >= 11 is 3.55. The lowest BCUT2D eigenvalue weighted by atomic mass is 9.97. The van der Waals surface area contributed by atoms with E-state index >= 15 is 0 Å². The maximum absolute atomic E-state index is 12.9. The standard InChI is InChI=1S/C19H25N3O3S2/c1-24-14-5-6-15(25-2)17-16(14)20-19(27-17)22-7-3-4-13(12-22)18(23)21-8-10-26-11-9-21/h5-6,13H,3-4,7-12H2,1-2H3. The molecule has 0 spiro atoms. The molecule has 8 heteroatoms. The Bertz CT molecular complexity index is 779. The molecule has 2 aromatic rings. The maximum Gasteiger partial charge on any atom is 0.227 e. The third-order valence-electron chi connectivity index (χ3n) is 5.26. The van der Waals surface area contributed by atoms with Crippen LogP contribution < -0.4 is 14.4 Å². The molecule has 1 unspecified atom stereocenters. The Morgan fingerprint density at radius 1 is 1.15 bits per heavy atom. The topological polar surface area (TPSA) is 54.9 Å². The van der Waals surface area contributed by atoms with Gasteiger partial charge in [-0.2, -0.15) is 11.8 Å². The summed E-state index contributed by atoms with van der Waals surface area (Å²) in [7, 11) is 3.33. The number of hydrogen-bond acceptors (Lipinski definition) is 7. The van der Waals surface area contributed by atoms with Gasteiger partial charge in [-0.05, 0) is 25.0 Å². The number of nitrogens with zero attached hydrogens (tertiary/aromatic N) is 3. The van der Waals surface area contributed by atoms with Gasteiger partial charge >= 0.3 is 0 Å². The van der Waals surface area contributed by atoms with Crippen molar-refractivity contribution >= 4 is 44.4 Å². The van der Waals surface area contributed by atoms with Crippen molar-refractivity contribution in [1.29, 1.82) is 0 Å². The summed E-state index contributed by atoms with van der Waals surface area (Å²) in [5.74, 6) is 4.06. The monoisotopic (exact) mass is 407 g/mol. The molecule has 27 heavy (non-hydrogen) atoms. The number of carbonyl (C=O) groups excluding carboxylic acids is 1. The quantitative estimate of drug-likeness (QED) is 0.776. The highest BCUT2D eigenvalue weighted by Gasteiger charge is 2.31. The van der Waals surface area contributed by atoms with Crippen molar-refractivity contribution in [2.24, 2.45) is 5.92 Å². The first kappa shape index (κ1) is 18.7. The number of hydrogen-bond donors (Lipinski definition) is 0.